The van der Waals surface area contributed by atoms with Crippen molar-refractivity contribution in [2.75, 3.05) is 10.6 Å². The third-order valence-corrected chi connectivity index (χ3v) is 3.81. The number of hydrogen-bond donors (Lipinski definition) is 2. The van der Waals surface area contributed by atoms with Gasteiger partial charge in [-0.2, -0.15) is 0 Å². The van der Waals surface area contributed by atoms with Crippen LogP contribution in [0.5, 0.6) is 0 Å². The quantitative estimate of drug-likeness (QED) is 0.742. The molecule has 0 aliphatic rings. The lowest BCUT2D eigenvalue weighted by atomic mass is 10.0. The molecule has 0 atom stereocenters. The van der Waals surface area contributed by atoms with Crippen molar-refractivity contribution >= 4 is 23.1 Å². The molecule has 3 aromatic rings. The van der Waals surface area contributed by atoms with Gasteiger partial charge in [-0.25, -0.2) is 4.98 Å². The van der Waals surface area contributed by atoms with Crippen LogP contribution < -0.4 is 10.6 Å². The van der Waals surface area contributed by atoms with E-state index in [0.29, 0.717) is 17.3 Å². The van der Waals surface area contributed by atoms with Crippen molar-refractivity contribution in [1.82, 2.24) is 10.1 Å². The number of pyridine rings is 1. The molecule has 25 heavy (non-hydrogen) atoms. The monoisotopic (exact) mass is 336 g/mol. The SMILES string of the molecule is Cc1cc(C)c(Nc2ccc(C(=O)Nc3cc(C)on3)nc2)c(C)c1. The standard InChI is InChI=1S/C19H20N4O2/c1-11-7-12(2)18(13(3)8-11)21-15-5-6-16(20-10-15)19(24)22-17-9-14(4)25-23-17/h5-10,21H,1-4H3,(H,22,23,24). The first-order chi connectivity index (χ1) is 11.9. The van der Waals surface area contributed by atoms with Gasteiger partial charge in [-0.05, 0) is 51.0 Å². The molecule has 0 saturated heterocycles. The maximum Gasteiger partial charge on any atom is 0.275 e. The van der Waals surface area contributed by atoms with E-state index >= 15 is 0 Å². The number of aryl methyl sites for hydroxylation is 4. The molecule has 0 aliphatic heterocycles. The number of nitrogens with one attached hydrogen (secondary N) is 2. The predicted octanol–water partition coefficient (Wildman–Crippen LogP) is 4.30. The van der Waals surface area contributed by atoms with Gasteiger partial charge < -0.3 is 15.2 Å². The third kappa shape index (κ3) is 3.85. The van der Waals surface area contributed by atoms with Crippen LogP contribution in [0.3, 0.4) is 0 Å². The Labute approximate surface area is 146 Å². The van der Waals surface area contributed by atoms with Crippen molar-refractivity contribution in [3.8, 4) is 0 Å². The molecule has 0 radical (unpaired) electrons. The zero-order valence-corrected chi connectivity index (χ0v) is 14.7. The van der Waals surface area contributed by atoms with Crippen LogP contribution in [0.2, 0.25) is 0 Å². The van der Waals surface area contributed by atoms with Gasteiger partial charge in [-0.15, -0.1) is 0 Å². The second-order valence-electron chi connectivity index (χ2n) is 6.11. The molecule has 2 aromatic heterocycles. The lowest BCUT2D eigenvalue weighted by Crippen LogP contribution is -2.13. The topological polar surface area (TPSA) is 80.0 Å². The number of carbonyl (C=O) groups is 1. The summed E-state index contributed by atoms with van der Waals surface area (Å²) >= 11 is 0. The molecule has 1 amide bonds. The van der Waals surface area contributed by atoms with Crippen LogP contribution in [0.4, 0.5) is 17.2 Å². The van der Waals surface area contributed by atoms with Gasteiger partial charge in [-0.3, -0.25) is 4.79 Å². The minimum Gasteiger partial charge on any atom is -0.360 e. The van der Waals surface area contributed by atoms with Gasteiger partial charge in [-0.1, -0.05) is 22.9 Å². The first-order valence-electron chi connectivity index (χ1n) is 7.98. The largest absolute Gasteiger partial charge is 0.360 e. The summed E-state index contributed by atoms with van der Waals surface area (Å²) in [5.74, 6) is 0.673. The highest BCUT2D eigenvalue weighted by Gasteiger charge is 2.11. The van der Waals surface area contributed by atoms with Gasteiger partial charge in [0, 0.05) is 11.8 Å². The minimum absolute atomic E-state index is 0.309. The number of nitrogens with zero attached hydrogens (tertiary/aromatic N) is 2. The number of carbonyl (C=O) groups excluding carboxylic acids is 1. The van der Waals surface area contributed by atoms with Crippen LogP contribution in [0.1, 0.15) is 32.9 Å². The Balaban J connectivity index is 1.73. The summed E-state index contributed by atoms with van der Waals surface area (Å²) in [4.78, 5) is 16.4. The van der Waals surface area contributed by atoms with Crippen molar-refractivity contribution in [1.29, 1.82) is 0 Å². The summed E-state index contributed by atoms with van der Waals surface area (Å²) in [5.41, 5.74) is 5.75. The lowest BCUT2D eigenvalue weighted by Gasteiger charge is -2.14. The molecule has 0 bridgehead atoms. The summed E-state index contributed by atoms with van der Waals surface area (Å²) in [7, 11) is 0. The van der Waals surface area contributed by atoms with Crippen LogP contribution in [0.15, 0.2) is 41.1 Å². The van der Waals surface area contributed by atoms with Crippen LogP contribution in [0.25, 0.3) is 0 Å². The van der Waals surface area contributed by atoms with Crippen molar-refractivity contribution in [3.05, 3.63) is 64.7 Å². The molecule has 6 nitrogen and oxygen atoms in total. The maximum atomic E-state index is 12.2. The van der Waals surface area contributed by atoms with Crippen molar-refractivity contribution < 1.29 is 9.32 Å². The number of aromatic nitrogens is 2. The zero-order valence-electron chi connectivity index (χ0n) is 14.7. The highest BCUT2D eigenvalue weighted by Crippen LogP contribution is 2.25. The first kappa shape index (κ1) is 16.7. The van der Waals surface area contributed by atoms with E-state index in [-0.39, 0.29) is 5.91 Å². The van der Waals surface area contributed by atoms with E-state index in [1.165, 1.54) is 16.7 Å². The van der Waals surface area contributed by atoms with E-state index in [1.807, 2.05) is 6.07 Å². The van der Waals surface area contributed by atoms with Gasteiger partial charge in [0.25, 0.3) is 5.91 Å². The first-order valence-corrected chi connectivity index (χ1v) is 7.98. The molecular formula is C19H20N4O2. The van der Waals surface area contributed by atoms with Gasteiger partial charge >= 0.3 is 0 Å². The molecule has 3 rings (SSSR count). The molecule has 0 fully saturated rings. The molecular weight excluding hydrogens is 316 g/mol. The number of hydrogen-bond acceptors (Lipinski definition) is 5. The predicted molar refractivity (Wildman–Crippen MR) is 97.4 cm³/mol. The Bertz CT molecular complexity index is 890. The van der Waals surface area contributed by atoms with E-state index in [0.717, 1.165) is 11.4 Å². The Hall–Kier alpha value is -3.15. The van der Waals surface area contributed by atoms with Gasteiger partial charge in [0.05, 0.1) is 11.9 Å². The molecule has 0 aliphatic carbocycles. The summed E-state index contributed by atoms with van der Waals surface area (Å²) < 4.78 is 4.92. The minimum atomic E-state index is -0.331. The third-order valence-electron chi connectivity index (χ3n) is 3.81. The summed E-state index contributed by atoms with van der Waals surface area (Å²) in [5, 5.41) is 9.75. The van der Waals surface area contributed by atoms with Crippen molar-refractivity contribution in [2.24, 2.45) is 0 Å². The molecule has 1 aromatic carbocycles. The van der Waals surface area contributed by atoms with E-state index in [2.05, 4.69) is 53.7 Å². The number of benzene rings is 1. The molecule has 6 heteroatoms. The normalized spacial score (nSPS) is 10.6. The van der Waals surface area contributed by atoms with E-state index in [1.54, 1.807) is 25.3 Å². The number of anilines is 3. The number of rotatable bonds is 4. The summed E-state index contributed by atoms with van der Waals surface area (Å²) in [6, 6.07) is 9.41. The average Bonchev–Trinajstić information content (AvgIpc) is 2.96. The summed E-state index contributed by atoms with van der Waals surface area (Å²) in [6.07, 6.45) is 1.64. The Morgan fingerprint density at radius 3 is 2.32 bits per heavy atom. The fraction of sp³-hybridized carbons (Fsp3) is 0.211. The smallest absolute Gasteiger partial charge is 0.275 e. The van der Waals surface area contributed by atoms with Crippen molar-refractivity contribution in [2.45, 2.75) is 27.7 Å². The van der Waals surface area contributed by atoms with Crippen LogP contribution in [0, 0.1) is 27.7 Å². The number of amides is 1. The van der Waals surface area contributed by atoms with E-state index in [4.69, 9.17) is 4.52 Å². The van der Waals surface area contributed by atoms with Gasteiger partial charge in [0.1, 0.15) is 11.5 Å². The van der Waals surface area contributed by atoms with Crippen LogP contribution in [-0.2, 0) is 0 Å². The average molecular weight is 336 g/mol. The van der Waals surface area contributed by atoms with Crippen molar-refractivity contribution in [3.63, 3.8) is 0 Å². The van der Waals surface area contributed by atoms with E-state index in [9.17, 15) is 4.79 Å². The maximum absolute atomic E-state index is 12.2. The molecule has 2 heterocycles. The Morgan fingerprint density at radius 2 is 1.76 bits per heavy atom. The fourth-order valence-electron chi connectivity index (χ4n) is 2.73. The van der Waals surface area contributed by atoms with Gasteiger partial charge in [0.15, 0.2) is 5.82 Å². The highest BCUT2D eigenvalue weighted by atomic mass is 16.5. The lowest BCUT2D eigenvalue weighted by molar-refractivity contribution is 0.102. The molecule has 0 spiro atoms. The summed E-state index contributed by atoms with van der Waals surface area (Å²) in [6.45, 7) is 7.97. The van der Waals surface area contributed by atoms with Gasteiger partial charge in [0.2, 0.25) is 0 Å². The molecule has 0 saturated carbocycles. The molecule has 128 valence electrons. The van der Waals surface area contributed by atoms with Crippen LogP contribution in [-0.4, -0.2) is 16.0 Å². The van der Waals surface area contributed by atoms with E-state index < -0.39 is 0 Å². The molecule has 2 N–H and O–H groups in total. The second kappa shape index (κ2) is 6.76. The highest BCUT2D eigenvalue weighted by molar-refractivity contribution is 6.02. The van der Waals surface area contributed by atoms with Crippen LogP contribution >= 0.6 is 0 Å². The molecule has 0 unspecified atom stereocenters. The Kier molecular flexibility index (Phi) is 4.52. The zero-order chi connectivity index (χ0) is 18.0. The Morgan fingerprint density at radius 1 is 1.04 bits per heavy atom. The fourth-order valence-corrected chi connectivity index (χ4v) is 2.73. The second-order valence-corrected chi connectivity index (χ2v) is 6.11.